The molecule has 0 atom stereocenters. The lowest BCUT2D eigenvalue weighted by atomic mass is 10.1. The second-order valence-electron chi connectivity index (χ2n) is 4.84. The number of hydrogen-bond acceptors (Lipinski definition) is 5. The number of rotatable bonds is 5. The number of anilines is 1. The Hall–Kier alpha value is -1.46. The molecule has 0 radical (unpaired) electrons. The molecule has 1 aliphatic rings. The molecule has 0 amide bonds. The Balaban J connectivity index is 1.60. The van der Waals surface area contributed by atoms with E-state index in [-0.39, 0.29) is 0 Å². The van der Waals surface area contributed by atoms with Crippen LogP contribution in [0.3, 0.4) is 0 Å². The molecule has 4 nitrogen and oxygen atoms in total. The third-order valence-electron chi connectivity index (χ3n) is 3.26. The molecule has 1 aromatic carbocycles. The fraction of sp³-hybridized carbons (Fsp3) is 0.429. The van der Waals surface area contributed by atoms with Gasteiger partial charge in [0.2, 0.25) is 5.13 Å². The molecule has 100 valence electrons. The second-order valence-corrected chi connectivity index (χ2v) is 5.90. The summed E-state index contributed by atoms with van der Waals surface area (Å²) >= 11 is 1.66. The van der Waals surface area contributed by atoms with Gasteiger partial charge < -0.3 is 5.32 Å². The first-order valence-electron chi connectivity index (χ1n) is 6.70. The van der Waals surface area contributed by atoms with Gasteiger partial charge in [0.15, 0.2) is 0 Å². The van der Waals surface area contributed by atoms with Crippen LogP contribution in [0.25, 0.3) is 0 Å². The molecule has 0 fully saturated rings. The van der Waals surface area contributed by atoms with E-state index in [0.717, 1.165) is 42.7 Å². The Bertz CT molecular complexity index is 527. The topological polar surface area (TPSA) is 41.1 Å². The second kappa shape index (κ2) is 5.67. The number of nitrogens with zero attached hydrogens (tertiary/aromatic N) is 3. The third-order valence-corrected chi connectivity index (χ3v) is 4.12. The minimum absolute atomic E-state index is 0.889. The summed E-state index contributed by atoms with van der Waals surface area (Å²) in [6.07, 6.45) is 1.11. The summed E-state index contributed by atoms with van der Waals surface area (Å²) in [6, 6.07) is 8.65. The van der Waals surface area contributed by atoms with Crippen molar-refractivity contribution in [2.45, 2.75) is 33.0 Å². The molecular formula is C14H18N4S. The van der Waals surface area contributed by atoms with Crippen molar-refractivity contribution in [1.82, 2.24) is 15.1 Å². The SMILES string of the molecule is CCCNc1nnc(CN2Cc3ccccc3C2)s1. The first-order valence-corrected chi connectivity index (χ1v) is 7.52. The lowest BCUT2D eigenvalue weighted by Gasteiger charge is -2.11. The summed E-state index contributed by atoms with van der Waals surface area (Å²) in [5.74, 6) is 0. The van der Waals surface area contributed by atoms with E-state index in [1.165, 1.54) is 11.1 Å². The van der Waals surface area contributed by atoms with E-state index in [1.807, 2.05) is 0 Å². The zero-order valence-corrected chi connectivity index (χ0v) is 11.9. The molecule has 0 unspecified atom stereocenters. The fourth-order valence-corrected chi connectivity index (χ4v) is 3.14. The minimum Gasteiger partial charge on any atom is -0.360 e. The maximum Gasteiger partial charge on any atom is 0.205 e. The van der Waals surface area contributed by atoms with Crippen molar-refractivity contribution in [2.75, 3.05) is 11.9 Å². The maximum atomic E-state index is 4.26. The van der Waals surface area contributed by atoms with Crippen LogP contribution in [0, 0.1) is 0 Å². The van der Waals surface area contributed by atoms with Gasteiger partial charge in [-0.1, -0.05) is 42.5 Å². The van der Waals surface area contributed by atoms with Crippen LogP contribution in [0.5, 0.6) is 0 Å². The van der Waals surface area contributed by atoms with E-state index in [2.05, 4.69) is 51.6 Å². The Morgan fingerprint density at radius 1 is 1.21 bits per heavy atom. The largest absolute Gasteiger partial charge is 0.360 e. The Morgan fingerprint density at radius 3 is 2.63 bits per heavy atom. The normalized spacial score (nSPS) is 14.6. The highest BCUT2D eigenvalue weighted by Crippen LogP contribution is 2.25. The van der Waals surface area contributed by atoms with Crippen molar-refractivity contribution in [3.8, 4) is 0 Å². The molecule has 0 spiro atoms. The van der Waals surface area contributed by atoms with Crippen LogP contribution in [0.1, 0.15) is 29.5 Å². The van der Waals surface area contributed by atoms with E-state index < -0.39 is 0 Å². The van der Waals surface area contributed by atoms with Gasteiger partial charge in [-0.15, -0.1) is 10.2 Å². The summed E-state index contributed by atoms with van der Waals surface area (Å²) in [6.45, 7) is 6.04. The van der Waals surface area contributed by atoms with Crippen LogP contribution in [0.2, 0.25) is 0 Å². The van der Waals surface area contributed by atoms with Crippen molar-refractivity contribution in [3.63, 3.8) is 0 Å². The van der Waals surface area contributed by atoms with Crippen molar-refractivity contribution in [2.24, 2.45) is 0 Å². The number of hydrogen-bond donors (Lipinski definition) is 1. The summed E-state index contributed by atoms with van der Waals surface area (Å²) in [5.41, 5.74) is 2.88. The van der Waals surface area contributed by atoms with Gasteiger partial charge in [-0.2, -0.15) is 0 Å². The zero-order valence-electron chi connectivity index (χ0n) is 11.1. The van der Waals surface area contributed by atoms with Crippen LogP contribution in [-0.2, 0) is 19.6 Å². The first kappa shape index (κ1) is 12.6. The number of fused-ring (bicyclic) bond motifs is 1. The van der Waals surface area contributed by atoms with Crippen molar-refractivity contribution in [3.05, 3.63) is 40.4 Å². The van der Waals surface area contributed by atoms with E-state index in [4.69, 9.17) is 0 Å². The predicted octanol–water partition coefficient (Wildman–Crippen LogP) is 2.88. The lowest BCUT2D eigenvalue weighted by Crippen LogP contribution is -2.15. The van der Waals surface area contributed by atoms with Gasteiger partial charge in [-0.05, 0) is 17.5 Å². The molecule has 5 heteroatoms. The molecule has 0 saturated heterocycles. The van der Waals surface area contributed by atoms with Gasteiger partial charge in [0.1, 0.15) is 5.01 Å². The van der Waals surface area contributed by atoms with Crippen molar-refractivity contribution < 1.29 is 0 Å². The van der Waals surface area contributed by atoms with E-state index in [1.54, 1.807) is 11.3 Å². The number of aromatic nitrogens is 2. The quantitative estimate of drug-likeness (QED) is 0.910. The Labute approximate surface area is 117 Å². The van der Waals surface area contributed by atoms with Gasteiger partial charge in [-0.25, -0.2) is 0 Å². The van der Waals surface area contributed by atoms with Gasteiger partial charge in [0.05, 0.1) is 6.54 Å². The van der Waals surface area contributed by atoms with E-state index >= 15 is 0 Å². The van der Waals surface area contributed by atoms with Gasteiger partial charge >= 0.3 is 0 Å². The predicted molar refractivity (Wildman–Crippen MR) is 78.1 cm³/mol. The van der Waals surface area contributed by atoms with E-state index in [0.29, 0.717) is 0 Å². The summed E-state index contributed by atoms with van der Waals surface area (Å²) < 4.78 is 0. The number of nitrogens with one attached hydrogen (secondary N) is 1. The summed E-state index contributed by atoms with van der Waals surface area (Å²) in [5, 5.41) is 13.7. The van der Waals surface area contributed by atoms with Crippen molar-refractivity contribution >= 4 is 16.5 Å². The lowest BCUT2D eigenvalue weighted by molar-refractivity contribution is 0.274. The first-order chi connectivity index (χ1) is 9.35. The van der Waals surface area contributed by atoms with Crippen molar-refractivity contribution in [1.29, 1.82) is 0 Å². The average Bonchev–Trinajstić information content (AvgIpc) is 3.02. The Kier molecular flexibility index (Phi) is 3.75. The molecule has 1 aliphatic heterocycles. The van der Waals surface area contributed by atoms with Gasteiger partial charge in [-0.3, -0.25) is 4.90 Å². The number of benzene rings is 1. The monoisotopic (exact) mass is 274 g/mol. The third kappa shape index (κ3) is 2.93. The van der Waals surface area contributed by atoms with Gasteiger partial charge in [0, 0.05) is 19.6 Å². The molecule has 2 aromatic rings. The van der Waals surface area contributed by atoms with Crippen LogP contribution in [-0.4, -0.2) is 21.6 Å². The highest BCUT2D eigenvalue weighted by molar-refractivity contribution is 7.15. The minimum atomic E-state index is 0.889. The Morgan fingerprint density at radius 2 is 1.95 bits per heavy atom. The average molecular weight is 274 g/mol. The van der Waals surface area contributed by atoms with E-state index in [9.17, 15) is 0 Å². The van der Waals surface area contributed by atoms with Crippen LogP contribution in [0.15, 0.2) is 24.3 Å². The maximum absolute atomic E-state index is 4.26. The molecule has 19 heavy (non-hydrogen) atoms. The highest BCUT2D eigenvalue weighted by atomic mass is 32.1. The fourth-order valence-electron chi connectivity index (χ4n) is 2.33. The molecule has 1 N–H and O–H groups in total. The van der Waals surface area contributed by atoms with Crippen LogP contribution in [0.4, 0.5) is 5.13 Å². The summed E-state index contributed by atoms with van der Waals surface area (Å²) in [4.78, 5) is 2.41. The van der Waals surface area contributed by atoms with Crippen LogP contribution >= 0.6 is 11.3 Å². The highest BCUT2D eigenvalue weighted by Gasteiger charge is 2.19. The zero-order chi connectivity index (χ0) is 13.1. The molecular weight excluding hydrogens is 256 g/mol. The molecule has 0 bridgehead atoms. The molecule has 0 aliphatic carbocycles. The molecule has 0 saturated carbocycles. The van der Waals surface area contributed by atoms with Crippen LogP contribution < -0.4 is 5.32 Å². The molecule has 3 rings (SSSR count). The smallest absolute Gasteiger partial charge is 0.205 e. The van der Waals surface area contributed by atoms with Gasteiger partial charge in [0.25, 0.3) is 0 Å². The standard InChI is InChI=1S/C14H18N4S/c1-2-7-15-14-17-16-13(19-14)10-18-8-11-5-3-4-6-12(11)9-18/h3-6H,2,7-10H2,1H3,(H,15,17). The molecule has 2 heterocycles. The summed E-state index contributed by atoms with van der Waals surface area (Å²) in [7, 11) is 0. The molecule has 1 aromatic heterocycles.